The smallest absolute Gasteiger partial charge is 0.228 e. The Kier molecular flexibility index (Phi) is 5.06. The number of aryl methyl sites for hydroxylation is 1. The zero-order chi connectivity index (χ0) is 16.3. The van der Waals surface area contributed by atoms with Crippen molar-refractivity contribution in [3.63, 3.8) is 0 Å². The molecule has 2 rings (SSSR count). The van der Waals surface area contributed by atoms with Gasteiger partial charge >= 0.3 is 0 Å². The molecule has 1 aromatic carbocycles. The van der Waals surface area contributed by atoms with Crippen LogP contribution in [0, 0.1) is 18.8 Å². The summed E-state index contributed by atoms with van der Waals surface area (Å²) in [6, 6.07) is 5.63. The molecule has 22 heavy (non-hydrogen) atoms. The lowest BCUT2D eigenvalue weighted by Crippen LogP contribution is -2.33. The topological polar surface area (TPSA) is 58.6 Å². The molecule has 0 heterocycles. The number of carbonyl (C=O) groups is 2. The molecular weight excluding hydrogens is 280 g/mol. The standard InChI is InChI=1S/C17H24N2O3/c1-5-19(6-2)17(21)13-10-12(13)16(20)18-14-9-11(3)7-8-15(14)22-4/h7-9,12-13H,5-6,10H2,1-4H3,(H,18,20). The number of hydrogen-bond donors (Lipinski definition) is 1. The number of ether oxygens (including phenoxy) is 1. The lowest BCUT2D eigenvalue weighted by atomic mass is 10.2. The zero-order valence-electron chi connectivity index (χ0n) is 13.7. The number of methoxy groups -OCH3 is 1. The molecule has 2 atom stereocenters. The Labute approximate surface area is 131 Å². The van der Waals surface area contributed by atoms with Crippen LogP contribution in [0.4, 0.5) is 5.69 Å². The second kappa shape index (κ2) is 6.81. The van der Waals surface area contributed by atoms with Gasteiger partial charge in [-0.2, -0.15) is 0 Å². The summed E-state index contributed by atoms with van der Waals surface area (Å²) in [5.74, 6) is 0.219. The average Bonchev–Trinajstić information content (AvgIpc) is 3.29. The minimum atomic E-state index is -0.224. The van der Waals surface area contributed by atoms with Crippen molar-refractivity contribution in [2.75, 3.05) is 25.5 Å². The summed E-state index contributed by atoms with van der Waals surface area (Å²) in [6.45, 7) is 7.24. The number of amides is 2. The fourth-order valence-electron chi connectivity index (χ4n) is 2.67. The van der Waals surface area contributed by atoms with E-state index in [1.165, 1.54) is 0 Å². The lowest BCUT2D eigenvalue weighted by molar-refractivity contribution is -0.133. The monoisotopic (exact) mass is 304 g/mol. The third kappa shape index (κ3) is 3.40. The molecule has 2 amide bonds. The maximum Gasteiger partial charge on any atom is 0.228 e. The van der Waals surface area contributed by atoms with E-state index in [4.69, 9.17) is 4.74 Å². The van der Waals surface area contributed by atoms with E-state index in [1.807, 2.05) is 39.0 Å². The number of hydrogen-bond acceptors (Lipinski definition) is 3. The highest BCUT2D eigenvalue weighted by Crippen LogP contribution is 2.41. The summed E-state index contributed by atoms with van der Waals surface area (Å²) in [5, 5.41) is 2.89. The fraction of sp³-hybridized carbons (Fsp3) is 0.529. The van der Waals surface area contributed by atoms with Crippen LogP contribution in [-0.2, 0) is 9.59 Å². The van der Waals surface area contributed by atoms with Crippen molar-refractivity contribution in [2.24, 2.45) is 11.8 Å². The Morgan fingerprint density at radius 3 is 2.55 bits per heavy atom. The second-order valence-electron chi connectivity index (χ2n) is 5.65. The fourth-order valence-corrected chi connectivity index (χ4v) is 2.67. The van der Waals surface area contributed by atoms with Crippen molar-refractivity contribution < 1.29 is 14.3 Å². The van der Waals surface area contributed by atoms with Crippen LogP contribution in [0.3, 0.4) is 0 Å². The third-order valence-corrected chi connectivity index (χ3v) is 4.13. The molecule has 1 fully saturated rings. The predicted molar refractivity (Wildman–Crippen MR) is 85.9 cm³/mol. The molecule has 0 saturated heterocycles. The van der Waals surface area contributed by atoms with Crippen molar-refractivity contribution >= 4 is 17.5 Å². The Balaban J connectivity index is 2.00. The second-order valence-corrected chi connectivity index (χ2v) is 5.65. The van der Waals surface area contributed by atoms with Crippen LogP contribution in [0.5, 0.6) is 5.75 Å². The zero-order valence-corrected chi connectivity index (χ0v) is 13.7. The minimum Gasteiger partial charge on any atom is -0.495 e. The number of anilines is 1. The highest BCUT2D eigenvalue weighted by Gasteiger charge is 2.49. The van der Waals surface area contributed by atoms with Gasteiger partial charge < -0.3 is 15.0 Å². The Morgan fingerprint density at radius 2 is 1.95 bits per heavy atom. The lowest BCUT2D eigenvalue weighted by Gasteiger charge is -2.18. The van der Waals surface area contributed by atoms with Crippen LogP contribution in [0.25, 0.3) is 0 Å². The van der Waals surface area contributed by atoms with E-state index in [-0.39, 0.29) is 23.7 Å². The van der Waals surface area contributed by atoms with Gasteiger partial charge in [0.1, 0.15) is 5.75 Å². The van der Waals surface area contributed by atoms with Gasteiger partial charge in [-0.1, -0.05) is 6.07 Å². The first kappa shape index (κ1) is 16.3. The highest BCUT2D eigenvalue weighted by atomic mass is 16.5. The van der Waals surface area contributed by atoms with E-state index in [1.54, 1.807) is 12.0 Å². The Morgan fingerprint density at radius 1 is 1.27 bits per heavy atom. The third-order valence-electron chi connectivity index (χ3n) is 4.13. The van der Waals surface area contributed by atoms with Gasteiger partial charge in [0.05, 0.1) is 24.6 Å². The Bertz CT molecular complexity index is 567. The van der Waals surface area contributed by atoms with Crippen LogP contribution >= 0.6 is 0 Å². The number of carbonyl (C=O) groups excluding carboxylic acids is 2. The van der Waals surface area contributed by atoms with Gasteiger partial charge in [0.25, 0.3) is 0 Å². The average molecular weight is 304 g/mol. The van der Waals surface area contributed by atoms with E-state index >= 15 is 0 Å². The molecule has 5 heteroatoms. The van der Waals surface area contributed by atoms with Gasteiger partial charge in [0, 0.05) is 13.1 Å². The molecule has 0 aromatic heterocycles. The first-order chi connectivity index (χ1) is 10.5. The van der Waals surface area contributed by atoms with Crippen LogP contribution in [0.15, 0.2) is 18.2 Å². The number of nitrogens with one attached hydrogen (secondary N) is 1. The van der Waals surface area contributed by atoms with Crippen molar-refractivity contribution in [3.8, 4) is 5.75 Å². The number of nitrogens with zero attached hydrogens (tertiary/aromatic N) is 1. The molecule has 0 bridgehead atoms. The molecule has 1 N–H and O–H groups in total. The first-order valence-electron chi connectivity index (χ1n) is 7.76. The first-order valence-corrected chi connectivity index (χ1v) is 7.76. The molecule has 1 aromatic rings. The van der Waals surface area contributed by atoms with Gasteiger partial charge in [-0.25, -0.2) is 0 Å². The molecule has 5 nitrogen and oxygen atoms in total. The highest BCUT2D eigenvalue weighted by molar-refractivity contribution is 6.00. The summed E-state index contributed by atoms with van der Waals surface area (Å²) in [7, 11) is 1.57. The quantitative estimate of drug-likeness (QED) is 0.878. The molecule has 120 valence electrons. The number of rotatable bonds is 6. The molecule has 0 radical (unpaired) electrons. The van der Waals surface area contributed by atoms with Gasteiger partial charge in [-0.05, 0) is 44.9 Å². The Hall–Kier alpha value is -2.04. The van der Waals surface area contributed by atoms with Crippen LogP contribution in [-0.4, -0.2) is 36.9 Å². The van der Waals surface area contributed by atoms with E-state index in [0.29, 0.717) is 30.9 Å². The molecule has 0 spiro atoms. The molecular formula is C17H24N2O3. The predicted octanol–water partition coefficient (Wildman–Crippen LogP) is 2.45. The molecule has 1 aliphatic rings. The largest absolute Gasteiger partial charge is 0.495 e. The normalized spacial score (nSPS) is 19.5. The number of benzene rings is 1. The van der Waals surface area contributed by atoms with Crippen LogP contribution in [0.1, 0.15) is 25.8 Å². The molecule has 2 unspecified atom stereocenters. The van der Waals surface area contributed by atoms with Crippen molar-refractivity contribution in [2.45, 2.75) is 27.2 Å². The SMILES string of the molecule is CCN(CC)C(=O)C1CC1C(=O)Nc1cc(C)ccc1OC. The molecule has 1 aliphatic carbocycles. The van der Waals surface area contributed by atoms with Crippen LogP contribution < -0.4 is 10.1 Å². The van der Waals surface area contributed by atoms with Crippen molar-refractivity contribution in [1.82, 2.24) is 4.90 Å². The minimum absolute atomic E-state index is 0.0846. The molecule has 1 saturated carbocycles. The van der Waals surface area contributed by atoms with E-state index < -0.39 is 0 Å². The van der Waals surface area contributed by atoms with Gasteiger partial charge in [-0.3, -0.25) is 9.59 Å². The van der Waals surface area contributed by atoms with Gasteiger partial charge in [0.15, 0.2) is 0 Å². The summed E-state index contributed by atoms with van der Waals surface area (Å²) in [4.78, 5) is 26.3. The molecule has 0 aliphatic heterocycles. The van der Waals surface area contributed by atoms with Crippen molar-refractivity contribution in [1.29, 1.82) is 0 Å². The maximum atomic E-state index is 12.3. The van der Waals surface area contributed by atoms with Crippen LogP contribution in [0.2, 0.25) is 0 Å². The summed E-state index contributed by atoms with van der Waals surface area (Å²) < 4.78 is 5.26. The summed E-state index contributed by atoms with van der Waals surface area (Å²) in [5.41, 5.74) is 1.70. The van der Waals surface area contributed by atoms with Crippen molar-refractivity contribution in [3.05, 3.63) is 23.8 Å². The van der Waals surface area contributed by atoms with E-state index in [2.05, 4.69) is 5.32 Å². The van der Waals surface area contributed by atoms with E-state index in [9.17, 15) is 9.59 Å². The summed E-state index contributed by atoms with van der Waals surface area (Å²) in [6.07, 6.45) is 0.634. The van der Waals surface area contributed by atoms with E-state index in [0.717, 1.165) is 5.56 Å². The summed E-state index contributed by atoms with van der Waals surface area (Å²) >= 11 is 0. The van der Waals surface area contributed by atoms with Gasteiger partial charge in [-0.15, -0.1) is 0 Å². The maximum absolute atomic E-state index is 12.3. The van der Waals surface area contributed by atoms with Gasteiger partial charge in [0.2, 0.25) is 11.8 Å².